The maximum atomic E-state index is 11.3. The van der Waals surface area contributed by atoms with Crippen LogP contribution in [0.15, 0.2) is 6.08 Å². The van der Waals surface area contributed by atoms with E-state index in [0.717, 1.165) is 28.0 Å². The van der Waals surface area contributed by atoms with Gasteiger partial charge in [-0.05, 0) is 44.9 Å². The number of ether oxygens (including phenoxy) is 2. The molecule has 20 heavy (non-hydrogen) atoms. The lowest BCUT2D eigenvalue weighted by Gasteiger charge is -2.32. The van der Waals surface area contributed by atoms with Crippen molar-refractivity contribution in [1.29, 1.82) is 0 Å². The number of benzene rings is 1. The van der Waals surface area contributed by atoms with Crippen LogP contribution in [-0.4, -0.2) is 17.5 Å². The molecule has 0 saturated heterocycles. The molecule has 0 radical (unpaired) electrons. The molecule has 1 aliphatic heterocycles. The maximum absolute atomic E-state index is 11.3. The lowest BCUT2D eigenvalue weighted by Crippen LogP contribution is -2.34. The third-order valence-electron chi connectivity index (χ3n) is 3.68. The Balaban J connectivity index is 2.63. The predicted molar refractivity (Wildman–Crippen MR) is 80.7 cm³/mol. The first kappa shape index (κ1) is 14.9. The highest BCUT2D eigenvalue weighted by Gasteiger charge is 2.30. The van der Waals surface area contributed by atoms with E-state index in [9.17, 15) is 4.79 Å². The summed E-state index contributed by atoms with van der Waals surface area (Å²) in [5.74, 6) is 1.51. The van der Waals surface area contributed by atoms with Gasteiger partial charge in [0.15, 0.2) is 0 Å². The summed E-state index contributed by atoms with van der Waals surface area (Å²) in [7, 11) is 0. The summed E-state index contributed by atoms with van der Waals surface area (Å²) in [6.07, 6.45) is 3.94. The molecule has 1 atom stereocenters. The third kappa shape index (κ3) is 2.42. The Morgan fingerprint density at radius 1 is 1.30 bits per heavy atom. The van der Waals surface area contributed by atoms with Crippen LogP contribution in [0, 0.1) is 20.8 Å². The number of carbonyl (C=O) groups excluding carboxylic acids is 1. The van der Waals surface area contributed by atoms with E-state index in [2.05, 4.69) is 0 Å². The lowest BCUT2D eigenvalue weighted by atomic mass is 9.93. The first-order valence-electron chi connectivity index (χ1n) is 6.55. The molecule has 0 aliphatic carbocycles. The minimum absolute atomic E-state index is 0.318. The van der Waals surface area contributed by atoms with Crippen molar-refractivity contribution in [3.8, 4) is 11.5 Å². The van der Waals surface area contributed by atoms with Gasteiger partial charge in [-0.15, -0.1) is 11.6 Å². The first-order chi connectivity index (χ1) is 9.29. The van der Waals surface area contributed by atoms with E-state index in [1.807, 2.05) is 39.8 Å². The molecule has 0 N–H and O–H groups in total. The molecule has 1 heterocycles. The number of esters is 1. The fourth-order valence-electron chi connectivity index (χ4n) is 2.34. The zero-order valence-corrected chi connectivity index (χ0v) is 13.2. The Labute approximate surface area is 124 Å². The van der Waals surface area contributed by atoms with Gasteiger partial charge in [-0.25, -0.2) is 0 Å². The molecule has 4 heteroatoms. The molecule has 3 nitrogen and oxygen atoms in total. The standard InChI is InChI=1S/C16H19ClO3/c1-9-10(2)15-13(6-7-16(5,8-17)20-15)11(3)14(9)19-12(4)18/h6-7H,8H2,1-5H3. The van der Waals surface area contributed by atoms with Crippen molar-refractivity contribution in [2.45, 2.75) is 40.2 Å². The highest BCUT2D eigenvalue weighted by atomic mass is 35.5. The molecule has 0 aromatic heterocycles. The summed E-state index contributed by atoms with van der Waals surface area (Å²) in [4.78, 5) is 11.3. The van der Waals surface area contributed by atoms with E-state index in [4.69, 9.17) is 21.1 Å². The second-order valence-corrected chi connectivity index (χ2v) is 5.69. The Morgan fingerprint density at radius 2 is 1.95 bits per heavy atom. The van der Waals surface area contributed by atoms with Gasteiger partial charge < -0.3 is 9.47 Å². The molecule has 0 spiro atoms. The second-order valence-electron chi connectivity index (χ2n) is 5.42. The number of alkyl halides is 1. The van der Waals surface area contributed by atoms with E-state index in [1.54, 1.807) is 0 Å². The minimum atomic E-state index is -0.499. The van der Waals surface area contributed by atoms with Crippen molar-refractivity contribution in [3.05, 3.63) is 28.3 Å². The summed E-state index contributed by atoms with van der Waals surface area (Å²) >= 11 is 5.97. The van der Waals surface area contributed by atoms with Gasteiger partial charge in [-0.1, -0.05) is 6.08 Å². The average Bonchev–Trinajstić information content (AvgIpc) is 2.41. The molecule has 0 amide bonds. The fourth-order valence-corrected chi connectivity index (χ4v) is 2.49. The molecule has 1 aliphatic rings. The van der Waals surface area contributed by atoms with Crippen molar-refractivity contribution in [2.24, 2.45) is 0 Å². The number of fused-ring (bicyclic) bond motifs is 1. The predicted octanol–water partition coefficient (Wildman–Crippen LogP) is 3.94. The molecule has 0 saturated carbocycles. The maximum Gasteiger partial charge on any atom is 0.308 e. The Hall–Kier alpha value is -1.48. The number of carbonyl (C=O) groups is 1. The van der Waals surface area contributed by atoms with E-state index < -0.39 is 5.60 Å². The summed E-state index contributed by atoms with van der Waals surface area (Å²) in [6.45, 7) is 9.18. The van der Waals surface area contributed by atoms with E-state index in [-0.39, 0.29) is 5.97 Å². The lowest BCUT2D eigenvalue weighted by molar-refractivity contribution is -0.131. The van der Waals surface area contributed by atoms with Crippen molar-refractivity contribution in [2.75, 3.05) is 5.88 Å². The van der Waals surface area contributed by atoms with Gasteiger partial charge in [0.05, 0.1) is 5.88 Å². The first-order valence-corrected chi connectivity index (χ1v) is 7.09. The zero-order valence-electron chi connectivity index (χ0n) is 12.5. The van der Waals surface area contributed by atoms with Crippen molar-refractivity contribution in [3.63, 3.8) is 0 Å². The Morgan fingerprint density at radius 3 is 2.50 bits per heavy atom. The third-order valence-corrected chi connectivity index (χ3v) is 4.21. The van der Waals surface area contributed by atoms with Crippen LogP contribution in [0.25, 0.3) is 6.08 Å². The smallest absolute Gasteiger partial charge is 0.308 e. The van der Waals surface area contributed by atoms with Gasteiger partial charge in [0.2, 0.25) is 0 Å². The molecule has 2 rings (SSSR count). The summed E-state index contributed by atoms with van der Waals surface area (Å²) in [5, 5.41) is 0. The van der Waals surface area contributed by atoms with Crippen LogP contribution in [0.3, 0.4) is 0 Å². The van der Waals surface area contributed by atoms with Gasteiger partial charge in [-0.3, -0.25) is 4.79 Å². The molecule has 108 valence electrons. The zero-order chi connectivity index (χ0) is 15.1. The number of halogens is 1. The van der Waals surface area contributed by atoms with Crippen molar-refractivity contribution in [1.82, 2.24) is 0 Å². The number of hydrogen-bond donors (Lipinski definition) is 0. The molecule has 1 aromatic rings. The Kier molecular flexibility index (Phi) is 3.83. The van der Waals surface area contributed by atoms with E-state index in [1.165, 1.54) is 6.92 Å². The number of hydrogen-bond acceptors (Lipinski definition) is 3. The molecule has 0 fully saturated rings. The van der Waals surface area contributed by atoms with Crippen LogP contribution in [0.2, 0.25) is 0 Å². The normalized spacial score (nSPS) is 20.3. The van der Waals surface area contributed by atoms with Gasteiger partial charge in [0.1, 0.15) is 17.1 Å². The SMILES string of the molecule is CC(=O)Oc1c(C)c(C)c2c(c1C)C=CC(C)(CCl)O2. The van der Waals surface area contributed by atoms with Gasteiger partial charge >= 0.3 is 5.97 Å². The molecular formula is C16H19ClO3. The van der Waals surface area contributed by atoms with Crippen molar-refractivity contribution >= 4 is 23.6 Å². The molecular weight excluding hydrogens is 276 g/mol. The van der Waals surface area contributed by atoms with Gasteiger partial charge in [0.25, 0.3) is 0 Å². The van der Waals surface area contributed by atoms with E-state index >= 15 is 0 Å². The summed E-state index contributed by atoms with van der Waals surface area (Å²) in [5.41, 5.74) is 3.26. The monoisotopic (exact) mass is 294 g/mol. The van der Waals surface area contributed by atoms with Gasteiger partial charge in [0, 0.05) is 18.1 Å². The quantitative estimate of drug-likeness (QED) is 0.471. The highest BCUT2D eigenvalue weighted by molar-refractivity contribution is 6.18. The van der Waals surface area contributed by atoms with Gasteiger partial charge in [-0.2, -0.15) is 0 Å². The van der Waals surface area contributed by atoms with Crippen LogP contribution in [0.4, 0.5) is 0 Å². The van der Waals surface area contributed by atoms with Crippen LogP contribution in [0.1, 0.15) is 36.1 Å². The summed E-state index contributed by atoms with van der Waals surface area (Å²) in [6, 6.07) is 0. The average molecular weight is 295 g/mol. The highest BCUT2D eigenvalue weighted by Crippen LogP contribution is 2.42. The Bertz CT molecular complexity index is 604. The van der Waals surface area contributed by atoms with Crippen LogP contribution in [-0.2, 0) is 4.79 Å². The van der Waals surface area contributed by atoms with Crippen molar-refractivity contribution < 1.29 is 14.3 Å². The fraction of sp³-hybridized carbons (Fsp3) is 0.438. The summed E-state index contributed by atoms with van der Waals surface area (Å²) < 4.78 is 11.4. The minimum Gasteiger partial charge on any atom is -0.481 e. The van der Waals surface area contributed by atoms with Crippen LogP contribution in [0.5, 0.6) is 11.5 Å². The van der Waals surface area contributed by atoms with Crippen LogP contribution >= 0.6 is 11.6 Å². The molecule has 1 aromatic carbocycles. The number of rotatable bonds is 2. The van der Waals surface area contributed by atoms with Crippen LogP contribution < -0.4 is 9.47 Å². The largest absolute Gasteiger partial charge is 0.481 e. The molecule has 1 unspecified atom stereocenters. The molecule has 0 bridgehead atoms. The second kappa shape index (κ2) is 5.13. The van der Waals surface area contributed by atoms with E-state index in [0.29, 0.717) is 11.6 Å². The topological polar surface area (TPSA) is 35.5 Å².